The second-order valence-electron chi connectivity index (χ2n) is 6.88. The lowest BCUT2D eigenvalue weighted by Gasteiger charge is -2.22. The van der Waals surface area contributed by atoms with Crippen LogP contribution in [-0.2, 0) is 11.2 Å². The van der Waals surface area contributed by atoms with Gasteiger partial charge in [0.1, 0.15) is 0 Å². The molecule has 2 fully saturated rings. The first-order chi connectivity index (χ1) is 11.7. The van der Waals surface area contributed by atoms with Crippen LogP contribution in [-0.4, -0.2) is 42.8 Å². The normalized spacial score (nSPS) is 26.2. The molecule has 128 valence electrons. The number of benzene rings is 1. The van der Waals surface area contributed by atoms with Crippen molar-refractivity contribution in [3.63, 3.8) is 0 Å². The molecule has 2 aliphatic rings. The molecule has 3 heterocycles. The Balaban J connectivity index is 1.34. The lowest BCUT2D eigenvalue weighted by Crippen LogP contribution is -2.47. The maximum atomic E-state index is 5.91. The van der Waals surface area contributed by atoms with Crippen LogP contribution in [0.4, 0.5) is 0 Å². The van der Waals surface area contributed by atoms with E-state index in [0.717, 1.165) is 25.3 Å². The van der Waals surface area contributed by atoms with Crippen molar-refractivity contribution in [3.8, 4) is 0 Å². The number of ether oxygens (including phenoxy) is 1. The van der Waals surface area contributed by atoms with Gasteiger partial charge >= 0.3 is 0 Å². The van der Waals surface area contributed by atoms with E-state index in [0.29, 0.717) is 18.2 Å². The SMILES string of the molecule is CN=C(NCCc1c(C)[nH]c2ccccc12)NC1CC2CCC1O2. The van der Waals surface area contributed by atoms with Crippen LogP contribution < -0.4 is 10.6 Å². The van der Waals surface area contributed by atoms with Crippen molar-refractivity contribution in [1.29, 1.82) is 0 Å². The van der Waals surface area contributed by atoms with Crippen LogP contribution in [0.2, 0.25) is 0 Å². The first-order valence-electron chi connectivity index (χ1n) is 8.93. The topological polar surface area (TPSA) is 61.4 Å². The molecular formula is C19H26N4O. The zero-order valence-electron chi connectivity index (χ0n) is 14.4. The van der Waals surface area contributed by atoms with E-state index in [1.807, 2.05) is 7.05 Å². The van der Waals surface area contributed by atoms with E-state index in [2.05, 4.69) is 51.8 Å². The molecule has 0 spiro atoms. The van der Waals surface area contributed by atoms with Gasteiger partial charge in [-0.3, -0.25) is 4.99 Å². The van der Waals surface area contributed by atoms with Crippen molar-refractivity contribution < 1.29 is 4.74 Å². The molecule has 0 amide bonds. The lowest BCUT2D eigenvalue weighted by atomic mass is 9.96. The van der Waals surface area contributed by atoms with Gasteiger partial charge < -0.3 is 20.4 Å². The van der Waals surface area contributed by atoms with E-state index < -0.39 is 0 Å². The van der Waals surface area contributed by atoms with Gasteiger partial charge in [-0.15, -0.1) is 0 Å². The molecule has 0 aliphatic carbocycles. The summed E-state index contributed by atoms with van der Waals surface area (Å²) >= 11 is 0. The molecule has 2 bridgehead atoms. The summed E-state index contributed by atoms with van der Waals surface area (Å²) in [6.45, 7) is 3.01. The fourth-order valence-electron chi connectivity index (χ4n) is 4.12. The quantitative estimate of drug-likeness (QED) is 0.597. The fourth-order valence-corrected chi connectivity index (χ4v) is 4.12. The summed E-state index contributed by atoms with van der Waals surface area (Å²) in [5, 5.41) is 8.31. The van der Waals surface area contributed by atoms with Crippen LogP contribution in [0.25, 0.3) is 10.9 Å². The van der Waals surface area contributed by atoms with Gasteiger partial charge in [-0.2, -0.15) is 0 Å². The third-order valence-electron chi connectivity index (χ3n) is 5.35. The minimum atomic E-state index is 0.365. The number of aromatic nitrogens is 1. The summed E-state index contributed by atoms with van der Waals surface area (Å²) in [4.78, 5) is 7.84. The standard InChI is InChI=1S/C19H26N4O/c1-12-14(15-5-3-4-6-16(15)22-12)9-10-21-19(20-2)23-17-11-13-7-8-18(17)24-13/h3-6,13,17-18,22H,7-11H2,1-2H3,(H2,20,21,23). The molecule has 3 N–H and O–H groups in total. The number of para-hydroxylation sites is 1. The van der Waals surface area contributed by atoms with E-state index in [4.69, 9.17) is 4.74 Å². The molecule has 3 atom stereocenters. The van der Waals surface area contributed by atoms with E-state index in [-0.39, 0.29) is 0 Å². The Hall–Kier alpha value is -2.01. The maximum absolute atomic E-state index is 5.91. The summed E-state index contributed by atoms with van der Waals surface area (Å²) in [7, 11) is 1.83. The third-order valence-corrected chi connectivity index (χ3v) is 5.35. The van der Waals surface area contributed by atoms with Crippen LogP contribution in [0.1, 0.15) is 30.5 Å². The number of aromatic amines is 1. The van der Waals surface area contributed by atoms with Gasteiger partial charge in [-0.1, -0.05) is 18.2 Å². The Kier molecular flexibility index (Phi) is 4.19. The van der Waals surface area contributed by atoms with Crippen LogP contribution in [0.3, 0.4) is 0 Å². The zero-order chi connectivity index (χ0) is 16.5. The summed E-state index contributed by atoms with van der Waals surface area (Å²) < 4.78 is 5.91. The third kappa shape index (κ3) is 2.88. The van der Waals surface area contributed by atoms with Crippen LogP contribution >= 0.6 is 0 Å². The summed E-state index contributed by atoms with van der Waals surface area (Å²) in [5.74, 6) is 0.883. The second kappa shape index (κ2) is 6.48. The summed E-state index contributed by atoms with van der Waals surface area (Å²) in [5.41, 5.74) is 3.85. The molecule has 2 saturated heterocycles. The number of fused-ring (bicyclic) bond motifs is 3. The molecule has 0 radical (unpaired) electrons. The minimum absolute atomic E-state index is 0.365. The number of nitrogens with one attached hydrogen (secondary N) is 3. The Morgan fingerprint density at radius 1 is 1.33 bits per heavy atom. The molecule has 4 rings (SSSR count). The monoisotopic (exact) mass is 326 g/mol. The molecule has 1 aromatic heterocycles. The summed E-state index contributed by atoms with van der Waals surface area (Å²) in [6.07, 6.45) is 5.29. The van der Waals surface area contributed by atoms with E-state index in [1.54, 1.807) is 0 Å². The van der Waals surface area contributed by atoms with E-state index in [9.17, 15) is 0 Å². The lowest BCUT2D eigenvalue weighted by molar-refractivity contribution is 0.0992. The highest BCUT2D eigenvalue weighted by atomic mass is 16.5. The average Bonchev–Trinajstić information content (AvgIpc) is 3.28. The number of nitrogens with zero attached hydrogens (tertiary/aromatic N) is 1. The number of aliphatic imine (C=N–C) groups is 1. The van der Waals surface area contributed by atoms with Gasteiger partial charge in [-0.05, 0) is 44.2 Å². The van der Waals surface area contributed by atoms with Gasteiger partial charge in [0, 0.05) is 30.2 Å². The first kappa shape index (κ1) is 15.5. The van der Waals surface area contributed by atoms with Gasteiger partial charge in [-0.25, -0.2) is 0 Å². The highest BCUT2D eigenvalue weighted by molar-refractivity contribution is 5.84. The molecule has 3 unspecified atom stereocenters. The van der Waals surface area contributed by atoms with Gasteiger partial charge in [0.2, 0.25) is 0 Å². The molecule has 1 aromatic carbocycles. The highest BCUT2D eigenvalue weighted by Crippen LogP contribution is 2.34. The molecule has 24 heavy (non-hydrogen) atoms. The molecule has 2 aliphatic heterocycles. The van der Waals surface area contributed by atoms with Crippen molar-refractivity contribution in [1.82, 2.24) is 15.6 Å². The smallest absolute Gasteiger partial charge is 0.191 e. The van der Waals surface area contributed by atoms with Crippen LogP contribution in [0, 0.1) is 6.92 Å². The Morgan fingerprint density at radius 2 is 2.21 bits per heavy atom. The van der Waals surface area contributed by atoms with Crippen LogP contribution in [0.5, 0.6) is 0 Å². The van der Waals surface area contributed by atoms with Crippen molar-refractivity contribution >= 4 is 16.9 Å². The average molecular weight is 326 g/mol. The zero-order valence-corrected chi connectivity index (χ0v) is 14.4. The first-order valence-corrected chi connectivity index (χ1v) is 8.93. The Labute approximate surface area is 142 Å². The Morgan fingerprint density at radius 3 is 2.96 bits per heavy atom. The molecule has 0 saturated carbocycles. The number of guanidine groups is 1. The molecular weight excluding hydrogens is 300 g/mol. The molecule has 2 aromatic rings. The van der Waals surface area contributed by atoms with Crippen LogP contribution in [0.15, 0.2) is 29.3 Å². The van der Waals surface area contributed by atoms with E-state index >= 15 is 0 Å². The minimum Gasteiger partial charge on any atom is -0.373 e. The van der Waals surface area contributed by atoms with Crippen molar-refractivity contribution in [3.05, 3.63) is 35.5 Å². The second-order valence-corrected chi connectivity index (χ2v) is 6.88. The predicted molar refractivity (Wildman–Crippen MR) is 97.5 cm³/mol. The fraction of sp³-hybridized carbons (Fsp3) is 0.526. The predicted octanol–water partition coefficient (Wildman–Crippen LogP) is 2.50. The highest BCUT2D eigenvalue weighted by Gasteiger charge is 2.41. The van der Waals surface area contributed by atoms with Gasteiger partial charge in [0.25, 0.3) is 0 Å². The van der Waals surface area contributed by atoms with Crippen molar-refractivity contribution in [2.75, 3.05) is 13.6 Å². The number of H-pyrrole nitrogens is 1. The number of aryl methyl sites for hydroxylation is 1. The van der Waals surface area contributed by atoms with Gasteiger partial charge in [0.15, 0.2) is 5.96 Å². The maximum Gasteiger partial charge on any atom is 0.191 e. The van der Waals surface area contributed by atoms with Crippen molar-refractivity contribution in [2.45, 2.75) is 50.9 Å². The molecule has 5 nitrogen and oxygen atoms in total. The number of hydrogen-bond acceptors (Lipinski definition) is 2. The van der Waals surface area contributed by atoms with E-state index in [1.165, 1.54) is 35.0 Å². The Bertz CT molecular complexity index is 751. The van der Waals surface area contributed by atoms with Gasteiger partial charge in [0.05, 0.1) is 18.2 Å². The largest absolute Gasteiger partial charge is 0.373 e. The molecule has 5 heteroatoms. The van der Waals surface area contributed by atoms with Crippen molar-refractivity contribution in [2.24, 2.45) is 4.99 Å². The summed E-state index contributed by atoms with van der Waals surface area (Å²) in [6, 6.07) is 8.90. The number of hydrogen-bond donors (Lipinski definition) is 3. The number of rotatable bonds is 4.